The van der Waals surface area contributed by atoms with Gasteiger partial charge in [0, 0.05) is 4.88 Å². The molecular formula is C15H16N2O3S2. The van der Waals surface area contributed by atoms with Crippen LogP contribution in [-0.4, -0.2) is 39.8 Å². The minimum atomic E-state index is -0.0550. The molecule has 116 valence electrons. The molecule has 1 fully saturated rings. The number of thioether (sulfide) groups is 1. The second-order valence-corrected chi connectivity index (χ2v) is 6.97. The van der Waals surface area contributed by atoms with Crippen molar-refractivity contribution in [1.29, 1.82) is 0 Å². The van der Waals surface area contributed by atoms with Gasteiger partial charge in [-0.1, -0.05) is 6.07 Å². The van der Waals surface area contributed by atoms with Crippen molar-refractivity contribution in [3.8, 4) is 0 Å². The summed E-state index contributed by atoms with van der Waals surface area (Å²) in [5.41, 5.74) is 0. The highest BCUT2D eigenvalue weighted by Gasteiger charge is 2.26. The zero-order chi connectivity index (χ0) is 15.4. The molecule has 0 radical (unpaired) electrons. The van der Waals surface area contributed by atoms with Crippen LogP contribution in [0.25, 0.3) is 0 Å². The van der Waals surface area contributed by atoms with Crippen LogP contribution in [0, 0.1) is 0 Å². The van der Waals surface area contributed by atoms with Crippen molar-refractivity contribution >= 4 is 34.9 Å². The standard InChI is InChI=1S/C15H16N2O3S2/c18-14(9-17-11-21-10-15(17)19)16(7-12-3-1-5-20-12)8-13-4-2-6-22-13/h1-6H,7-11H2. The van der Waals surface area contributed by atoms with Crippen LogP contribution in [0.4, 0.5) is 0 Å². The predicted octanol–water partition coefficient (Wildman–Crippen LogP) is 2.40. The smallest absolute Gasteiger partial charge is 0.242 e. The Kier molecular flexibility index (Phi) is 4.84. The molecule has 0 atom stereocenters. The van der Waals surface area contributed by atoms with E-state index in [0.29, 0.717) is 24.7 Å². The normalized spacial score (nSPS) is 14.5. The average molecular weight is 336 g/mol. The Labute approximate surface area is 136 Å². The molecule has 0 aliphatic carbocycles. The molecule has 0 bridgehead atoms. The molecule has 0 saturated carbocycles. The minimum Gasteiger partial charge on any atom is -0.467 e. The van der Waals surface area contributed by atoms with Gasteiger partial charge in [0.1, 0.15) is 12.3 Å². The summed E-state index contributed by atoms with van der Waals surface area (Å²) in [6.07, 6.45) is 1.60. The zero-order valence-corrected chi connectivity index (χ0v) is 13.6. The first-order valence-electron chi connectivity index (χ1n) is 6.90. The summed E-state index contributed by atoms with van der Waals surface area (Å²) < 4.78 is 5.35. The predicted molar refractivity (Wildman–Crippen MR) is 86.3 cm³/mol. The van der Waals surface area contributed by atoms with Gasteiger partial charge in [0.15, 0.2) is 0 Å². The van der Waals surface area contributed by atoms with Crippen LogP contribution >= 0.6 is 23.1 Å². The molecule has 2 aromatic rings. The fraction of sp³-hybridized carbons (Fsp3) is 0.333. The maximum absolute atomic E-state index is 12.6. The molecule has 1 aliphatic rings. The molecule has 7 heteroatoms. The molecule has 0 spiro atoms. The van der Waals surface area contributed by atoms with E-state index in [4.69, 9.17) is 4.42 Å². The molecule has 1 aliphatic heterocycles. The molecule has 0 unspecified atom stereocenters. The van der Waals surface area contributed by atoms with E-state index < -0.39 is 0 Å². The van der Waals surface area contributed by atoms with Gasteiger partial charge in [-0.3, -0.25) is 9.59 Å². The number of thiophene rings is 1. The molecule has 5 nitrogen and oxygen atoms in total. The Morgan fingerprint density at radius 2 is 2.23 bits per heavy atom. The summed E-state index contributed by atoms with van der Waals surface area (Å²) in [5, 5.41) is 1.99. The van der Waals surface area contributed by atoms with Crippen LogP contribution in [0.1, 0.15) is 10.6 Å². The van der Waals surface area contributed by atoms with Gasteiger partial charge in [-0.05, 0) is 23.6 Å². The largest absolute Gasteiger partial charge is 0.467 e. The van der Waals surface area contributed by atoms with Gasteiger partial charge in [0.05, 0.1) is 31.0 Å². The number of furan rings is 1. The highest BCUT2D eigenvalue weighted by molar-refractivity contribution is 8.00. The molecular weight excluding hydrogens is 320 g/mol. The van der Waals surface area contributed by atoms with Crippen molar-refractivity contribution in [1.82, 2.24) is 9.80 Å². The van der Waals surface area contributed by atoms with Gasteiger partial charge in [0.25, 0.3) is 0 Å². The van der Waals surface area contributed by atoms with Crippen LogP contribution in [0.15, 0.2) is 40.3 Å². The van der Waals surface area contributed by atoms with Crippen LogP contribution < -0.4 is 0 Å². The third-order valence-electron chi connectivity index (χ3n) is 3.36. The van der Waals surface area contributed by atoms with Crippen LogP contribution in [0.3, 0.4) is 0 Å². The van der Waals surface area contributed by atoms with E-state index in [1.165, 1.54) is 0 Å². The van der Waals surface area contributed by atoms with E-state index in [0.717, 1.165) is 10.6 Å². The van der Waals surface area contributed by atoms with Crippen molar-refractivity contribution in [2.75, 3.05) is 18.2 Å². The quantitative estimate of drug-likeness (QED) is 0.813. The first-order chi connectivity index (χ1) is 10.7. The molecule has 0 N–H and O–H groups in total. The summed E-state index contributed by atoms with van der Waals surface area (Å²) >= 11 is 3.16. The van der Waals surface area contributed by atoms with Crippen molar-refractivity contribution in [2.24, 2.45) is 0 Å². The van der Waals surface area contributed by atoms with Gasteiger partial charge in [-0.15, -0.1) is 23.1 Å². The highest BCUT2D eigenvalue weighted by Crippen LogP contribution is 2.18. The Hall–Kier alpha value is -1.73. The Morgan fingerprint density at radius 3 is 2.86 bits per heavy atom. The molecule has 2 amide bonds. The maximum atomic E-state index is 12.6. The summed E-state index contributed by atoms with van der Waals surface area (Å²) in [4.78, 5) is 28.7. The first kappa shape index (κ1) is 15.2. The van der Waals surface area contributed by atoms with Gasteiger partial charge >= 0.3 is 0 Å². The third kappa shape index (κ3) is 3.72. The van der Waals surface area contributed by atoms with Crippen molar-refractivity contribution < 1.29 is 14.0 Å². The number of rotatable bonds is 6. The van der Waals surface area contributed by atoms with Crippen LogP contribution in [-0.2, 0) is 22.7 Å². The highest BCUT2D eigenvalue weighted by atomic mass is 32.2. The molecule has 3 heterocycles. The summed E-state index contributed by atoms with van der Waals surface area (Å²) in [6, 6.07) is 7.63. The summed E-state index contributed by atoms with van der Waals surface area (Å²) in [6.45, 7) is 1.09. The maximum Gasteiger partial charge on any atom is 0.242 e. The molecule has 0 aromatic carbocycles. The topological polar surface area (TPSA) is 53.8 Å². The Bertz CT molecular complexity index is 589. The molecule has 1 saturated heterocycles. The van der Waals surface area contributed by atoms with Gasteiger partial charge in [-0.25, -0.2) is 0 Å². The van der Waals surface area contributed by atoms with E-state index in [-0.39, 0.29) is 18.4 Å². The van der Waals surface area contributed by atoms with E-state index in [9.17, 15) is 9.59 Å². The third-order valence-corrected chi connectivity index (χ3v) is 5.16. The number of hydrogen-bond acceptors (Lipinski definition) is 5. The number of amides is 2. The van der Waals surface area contributed by atoms with Gasteiger partial charge in [-0.2, -0.15) is 0 Å². The lowest BCUT2D eigenvalue weighted by molar-refractivity contribution is -0.138. The van der Waals surface area contributed by atoms with E-state index in [1.807, 2.05) is 29.6 Å². The summed E-state index contributed by atoms with van der Waals surface area (Å²) in [5.74, 6) is 1.79. The van der Waals surface area contributed by atoms with E-state index in [1.54, 1.807) is 39.2 Å². The number of hydrogen-bond donors (Lipinski definition) is 0. The molecule has 22 heavy (non-hydrogen) atoms. The Balaban J connectivity index is 1.68. The van der Waals surface area contributed by atoms with Crippen molar-refractivity contribution in [2.45, 2.75) is 13.1 Å². The SMILES string of the molecule is O=C1CSCN1CC(=O)N(Cc1ccco1)Cc1cccs1. The van der Waals surface area contributed by atoms with Crippen molar-refractivity contribution in [3.05, 3.63) is 46.5 Å². The number of carbonyl (C=O) groups is 2. The molecule has 3 rings (SSSR count). The second kappa shape index (κ2) is 7.02. The van der Waals surface area contributed by atoms with E-state index in [2.05, 4.69) is 0 Å². The van der Waals surface area contributed by atoms with Crippen LogP contribution in [0.5, 0.6) is 0 Å². The number of carbonyl (C=O) groups excluding carboxylic acids is 2. The first-order valence-corrected chi connectivity index (χ1v) is 8.94. The van der Waals surface area contributed by atoms with Crippen molar-refractivity contribution in [3.63, 3.8) is 0 Å². The minimum absolute atomic E-state index is 0.0347. The lowest BCUT2D eigenvalue weighted by Gasteiger charge is -2.24. The monoisotopic (exact) mass is 336 g/mol. The lowest BCUT2D eigenvalue weighted by Crippen LogP contribution is -2.40. The molecule has 2 aromatic heterocycles. The summed E-state index contributed by atoms with van der Waals surface area (Å²) in [7, 11) is 0. The second-order valence-electron chi connectivity index (χ2n) is 4.98. The van der Waals surface area contributed by atoms with Crippen LogP contribution in [0.2, 0.25) is 0 Å². The Morgan fingerprint density at radius 1 is 1.32 bits per heavy atom. The zero-order valence-electron chi connectivity index (χ0n) is 11.9. The van der Waals surface area contributed by atoms with Gasteiger partial charge < -0.3 is 14.2 Å². The lowest BCUT2D eigenvalue weighted by atomic mass is 10.3. The number of nitrogens with zero attached hydrogens (tertiary/aromatic N) is 2. The fourth-order valence-corrected chi connectivity index (χ4v) is 3.84. The average Bonchev–Trinajstić information content (AvgIpc) is 3.23. The fourth-order valence-electron chi connectivity index (χ4n) is 2.22. The van der Waals surface area contributed by atoms with E-state index >= 15 is 0 Å². The van der Waals surface area contributed by atoms with Gasteiger partial charge in [0.2, 0.25) is 11.8 Å².